The van der Waals surface area contributed by atoms with Crippen molar-refractivity contribution in [3.05, 3.63) is 0 Å². The maximum atomic E-state index is 10.5. The second-order valence-electron chi connectivity index (χ2n) is 5.94. The first kappa shape index (κ1) is 18.3. The second-order valence-corrected chi connectivity index (χ2v) is 14.8. The Morgan fingerprint density at radius 2 is 1.63 bits per heavy atom. The summed E-state index contributed by atoms with van der Waals surface area (Å²) < 4.78 is 11.0. The number of hydrogen-bond acceptors (Lipinski definition) is 4. The van der Waals surface area contributed by atoms with Crippen LogP contribution in [-0.2, 0) is 18.4 Å². The minimum atomic E-state index is -1.79. The number of carboxylic acid groups (broad SMARTS) is 1. The van der Waals surface area contributed by atoms with Crippen LogP contribution in [0.5, 0.6) is 0 Å². The van der Waals surface area contributed by atoms with E-state index in [0.29, 0.717) is 19.5 Å². The third-order valence-electron chi connectivity index (χ3n) is 2.83. The normalized spacial score (nSPS) is 12.2. The Kier molecular flexibility index (Phi) is 8.20. The molecule has 1 N–H and O–H groups in total. The van der Waals surface area contributed by atoms with Crippen LogP contribution in [0.1, 0.15) is 19.3 Å². The van der Waals surface area contributed by atoms with Crippen LogP contribution in [0.4, 0.5) is 0 Å². The first-order chi connectivity index (χ1) is 8.68. The lowest BCUT2D eigenvalue weighted by atomic mass is 10.3. The molecule has 0 aliphatic carbocycles. The molecule has 0 radical (unpaired) electrons. The summed E-state index contributed by atoms with van der Waals surface area (Å²) in [5.74, 6) is -0.743. The molecule has 0 aromatic carbocycles. The quantitative estimate of drug-likeness (QED) is 0.361. The standard InChI is InChI=1S/C12H26O5Si2/c1-18(2,9-5-7-12(14)15)17-19(3,4)10-6-8-16-11-13/h11H,5-10H2,1-4H3,(H,14,15). The second kappa shape index (κ2) is 8.49. The summed E-state index contributed by atoms with van der Waals surface area (Å²) in [4.78, 5) is 20.6. The third kappa shape index (κ3) is 10.9. The van der Waals surface area contributed by atoms with Gasteiger partial charge in [0.05, 0.1) is 6.61 Å². The molecule has 19 heavy (non-hydrogen) atoms. The molecule has 0 spiro atoms. The summed E-state index contributed by atoms with van der Waals surface area (Å²) in [6, 6.07) is 1.83. The summed E-state index contributed by atoms with van der Waals surface area (Å²) in [6.45, 7) is 9.54. The van der Waals surface area contributed by atoms with Crippen LogP contribution < -0.4 is 0 Å². The molecule has 5 nitrogen and oxygen atoms in total. The van der Waals surface area contributed by atoms with Gasteiger partial charge in [-0.05, 0) is 51.1 Å². The zero-order valence-corrected chi connectivity index (χ0v) is 14.4. The van der Waals surface area contributed by atoms with Gasteiger partial charge in [0.1, 0.15) is 0 Å². The zero-order valence-electron chi connectivity index (χ0n) is 12.4. The highest BCUT2D eigenvalue weighted by Crippen LogP contribution is 2.24. The molecule has 0 aliphatic heterocycles. The lowest BCUT2D eigenvalue weighted by molar-refractivity contribution is -0.137. The molecule has 0 rings (SSSR count). The van der Waals surface area contributed by atoms with Crippen molar-refractivity contribution in [1.29, 1.82) is 0 Å². The molecule has 0 fully saturated rings. The number of ether oxygens (including phenoxy) is 1. The maximum absolute atomic E-state index is 10.5. The zero-order chi connectivity index (χ0) is 14.9. The minimum absolute atomic E-state index is 0.217. The van der Waals surface area contributed by atoms with Gasteiger partial charge in [-0.3, -0.25) is 9.59 Å². The molecule has 0 aromatic heterocycles. The Morgan fingerprint density at radius 1 is 1.11 bits per heavy atom. The van der Waals surface area contributed by atoms with Crippen molar-refractivity contribution in [2.75, 3.05) is 6.61 Å². The summed E-state index contributed by atoms with van der Waals surface area (Å²) in [6.07, 6.45) is 1.74. The molecule has 7 heteroatoms. The van der Waals surface area contributed by atoms with E-state index in [1.165, 1.54) is 0 Å². The number of carboxylic acids is 1. The molecule has 0 aromatic rings. The van der Waals surface area contributed by atoms with Gasteiger partial charge in [-0.1, -0.05) is 0 Å². The molecule has 0 unspecified atom stereocenters. The highest BCUT2D eigenvalue weighted by molar-refractivity contribution is 6.84. The number of hydrogen-bond donors (Lipinski definition) is 1. The van der Waals surface area contributed by atoms with Crippen LogP contribution in [0, 0.1) is 0 Å². The Balaban J connectivity index is 4.06. The largest absolute Gasteiger partial charge is 0.481 e. The van der Waals surface area contributed by atoms with Gasteiger partial charge in [0, 0.05) is 6.42 Å². The van der Waals surface area contributed by atoms with Crippen molar-refractivity contribution in [2.24, 2.45) is 0 Å². The number of aliphatic carboxylic acids is 1. The Bertz CT molecular complexity index is 292. The van der Waals surface area contributed by atoms with E-state index in [4.69, 9.17) is 9.22 Å². The summed E-state index contributed by atoms with van der Waals surface area (Å²) in [5, 5.41) is 8.65. The number of carbonyl (C=O) groups excluding carboxylic acids is 1. The third-order valence-corrected chi connectivity index (χ3v) is 10.4. The molecule has 0 saturated heterocycles. The van der Waals surface area contributed by atoms with Gasteiger partial charge in [0.15, 0.2) is 16.6 Å². The van der Waals surface area contributed by atoms with Crippen LogP contribution in [-0.4, -0.2) is 40.8 Å². The van der Waals surface area contributed by atoms with E-state index < -0.39 is 22.6 Å². The molecule has 0 bridgehead atoms. The van der Waals surface area contributed by atoms with E-state index in [1.807, 2.05) is 0 Å². The van der Waals surface area contributed by atoms with Crippen molar-refractivity contribution < 1.29 is 23.5 Å². The Morgan fingerprint density at radius 3 is 2.11 bits per heavy atom. The predicted octanol–water partition coefficient (Wildman–Crippen LogP) is 2.84. The first-order valence-electron chi connectivity index (χ1n) is 6.66. The summed E-state index contributed by atoms with van der Waals surface area (Å²) in [7, 11) is -3.53. The lowest BCUT2D eigenvalue weighted by Crippen LogP contribution is -2.44. The maximum Gasteiger partial charge on any atom is 0.303 e. The monoisotopic (exact) mass is 306 g/mol. The molecule has 0 saturated carbocycles. The predicted molar refractivity (Wildman–Crippen MR) is 79.2 cm³/mol. The van der Waals surface area contributed by atoms with Gasteiger partial charge < -0.3 is 14.0 Å². The molecule has 0 aliphatic rings. The molecule has 0 atom stereocenters. The SMILES string of the molecule is C[Si](C)(CCCOC=O)O[Si](C)(C)CCCC(=O)O. The number of rotatable bonds is 11. The van der Waals surface area contributed by atoms with Crippen molar-refractivity contribution in [3.63, 3.8) is 0 Å². The fraction of sp³-hybridized carbons (Fsp3) is 0.833. The van der Waals surface area contributed by atoms with Crippen molar-refractivity contribution in [3.8, 4) is 0 Å². The van der Waals surface area contributed by atoms with Crippen LogP contribution in [0.25, 0.3) is 0 Å². The summed E-state index contributed by atoms with van der Waals surface area (Å²) >= 11 is 0. The van der Waals surface area contributed by atoms with Gasteiger partial charge in [0.2, 0.25) is 0 Å². The first-order valence-corrected chi connectivity index (χ1v) is 12.9. The van der Waals surface area contributed by atoms with Gasteiger partial charge in [-0.2, -0.15) is 0 Å². The average Bonchev–Trinajstić information content (AvgIpc) is 2.22. The average molecular weight is 307 g/mol. The highest BCUT2D eigenvalue weighted by Gasteiger charge is 2.32. The fourth-order valence-corrected chi connectivity index (χ4v) is 11.0. The molecular weight excluding hydrogens is 280 g/mol. The van der Waals surface area contributed by atoms with Gasteiger partial charge in [0.25, 0.3) is 6.47 Å². The molecule has 0 heterocycles. The van der Waals surface area contributed by atoms with Crippen LogP contribution in [0.15, 0.2) is 0 Å². The number of carbonyl (C=O) groups is 2. The van der Waals surface area contributed by atoms with Crippen LogP contribution in [0.3, 0.4) is 0 Å². The van der Waals surface area contributed by atoms with E-state index in [2.05, 4.69) is 30.9 Å². The van der Waals surface area contributed by atoms with E-state index in [1.54, 1.807) is 0 Å². The minimum Gasteiger partial charge on any atom is -0.481 e. The molecular formula is C12H26O5Si2. The smallest absolute Gasteiger partial charge is 0.303 e. The van der Waals surface area contributed by atoms with E-state index in [0.717, 1.165) is 18.5 Å². The van der Waals surface area contributed by atoms with Gasteiger partial charge in [-0.25, -0.2) is 0 Å². The topological polar surface area (TPSA) is 72.8 Å². The van der Waals surface area contributed by atoms with E-state index in [-0.39, 0.29) is 6.42 Å². The van der Waals surface area contributed by atoms with Crippen molar-refractivity contribution >= 4 is 29.1 Å². The van der Waals surface area contributed by atoms with Gasteiger partial charge in [-0.15, -0.1) is 0 Å². The molecule has 112 valence electrons. The lowest BCUT2D eigenvalue weighted by Gasteiger charge is -2.34. The molecule has 0 amide bonds. The van der Waals surface area contributed by atoms with E-state index >= 15 is 0 Å². The van der Waals surface area contributed by atoms with Crippen molar-refractivity contribution in [1.82, 2.24) is 0 Å². The van der Waals surface area contributed by atoms with Crippen molar-refractivity contribution in [2.45, 2.75) is 57.5 Å². The van der Waals surface area contributed by atoms with Crippen LogP contribution in [0.2, 0.25) is 38.3 Å². The highest BCUT2D eigenvalue weighted by atomic mass is 28.4. The van der Waals surface area contributed by atoms with Crippen LogP contribution >= 0.6 is 0 Å². The van der Waals surface area contributed by atoms with Gasteiger partial charge >= 0.3 is 5.97 Å². The summed E-state index contributed by atoms with van der Waals surface area (Å²) in [5.41, 5.74) is 0. The Labute approximate surface area is 117 Å². The van der Waals surface area contributed by atoms with E-state index in [9.17, 15) is 9.59 Å². The fourth-order valence-electron chi connectivity index (χ4n) is 2.14. The Hall–Kier alpha value is -0.666.